The minimum absolute atomic E-state index is 0.0547. The van der Waals surface area contributed by atoms with Crippen LogP contribution in [-0.2, 0) is 13.0 Å². The smallest absolute Gasteiger partial charge is 0.185 e. The van der Waals surface area contributed by atoms with Crippen LogP contribution in [0.5, 0.6) is 5.75 Å². The van der Waals surface area contributed by atoms with Crippen LogP contribution in [0, 0.1) is 0 Å². The third-order valence-electron chi connectivity index (χ3n) is 4.83. The van der Waals surface area contributed by atoms with Gasteiger partial charge in [0.2, 0.25) is 0 Å². The summed E-state index contributed by atoms with van der Waals surface area (Å²) < 4.78 is 11.5. The number of hydrogen-bond acceptors (Lipinski definition) is 3. The molecule has 0 N–H and O–H groups in total. The molecule has 0 aliphatic rings. The number of hydrogen-bond donors (Lipinski definition) is 0. The number of rotatable bonds is 7. The van der Waals surface area contributed by atoms with Gasteiger partial charge >= 0.3 is 0 Å². The lowest BCUT2D eigenvalue weighted by atomic mass is 10.0. The summed E-state index contributed by atoms with van der Waals surface area (Å²) in [5, 5.41) is 2.17. The molecule has 0 spiro atoms. The second-order valence-electron chi connectivity index (χ2n) is 6.85. The lowest BCUT2D eigenvalue weighted by Gasteiger charge is -2.04. The van der Waals surface area contributed by atoms with Gasteiger partial charge in [-0.1, -0.05) is 55.5 Å². The third kappa shape index (κ3) is 4.64. The van der Waals surface area contributed by atoms with Gasteiger partial charge in [-0.2, -0.15) is 0 Å². The zero-order valence-electron chi connectivity index (χ0n) is 16.3. The molecule has 4 rings (SSSR count). The summed E-state index contributed by atoms with van der Waals surface area (Å²) in [6, 6.07) is 25.5. The first kappa shape index (κ1) is 18.8. The molecule has 0 aliphatic heterocycles. The van der Waals surface area contributed by atoms with E-state index >= 15 is 0 Å². The predicted molar refractivity (Wildman–Crippen MR) is 116 cm³/mol. The second-order valence-corrected chi connectivity index (χ2v) is 6.85. The Morgan fingerprint density at radius 1 is 0.931 bits per heavy atom. The zero-order chi connectivity index (χ0) is 20.1. The van der Waals surface area contributed by atoms with Crippen LogP contribution in [0.3, 0.4) is 0 Å². The topological polar surface area (TPSA) is 39.4 Å². The number of ether oxygens (including phenoxy) is 1. The molecule has 0 saturated carbocycles. The summed E-state index contributed by atoms with van der Waals surface area (Å²) in [7, 11) is 0. The van der Waals surface area contributed by atoms with Crippen LogP contribution in [0.25, 0.3) is 16.8 Å². The fourth-order valence-corrected chi connectivity index (χ4v) is 3.13. The SMILES string of the molecule is CCc1ccc(OCc2ccc(/C=C/C(=O)c3ccc4ccccc4c3)o2)cc1. The average Bonchev–Trinajstić information content (AvgIpc) is 3.24. The molecule has 3 aromatic carbocycles. The van der Waals surface area contributed by atoms with Gasteiger partial charge in [0.25, 0.3) is 0 Å². The third-order valence-corrected chi connectivity index (χ3v) is 4.83. The molecule has 0 radical (unpaired) electrons. The molecule has 0 amide bonds. The Balaban J connectivity index is 1.38. The minimum Gasteiger partial charge on any atom is -0.486 e. The minimum atomic E-state index is -0.0547. The largest absolute Gasteiger partial charge is 0.486 e. The van der Waals surface area contributed by atoms with E-state index in [2.05, 4.69) is 19.1 Å². The average molecular weight is 382 g/mol. The number of carbonyl (C=O) groups is 1. The van der Waals surface area contributed by atoms with Gasteiger partial charge in [-0.3, -0.25) is 4.79 Å². The van der Waals surface area contributed by atoms with E-state index in [-0.39, 0.29) is 5.78 Å². The van der Waals surface area contributed by atoms with Crippen LogP contribution in [0.2, 0.25) is 0 Å². The van der Waals surface area contributed by atoms with E-state index in [0.29, 0.717) is 23.7 Å². The fourth-order valence-electron chi connectivity index (χ4n) is 3.13. The second kappa shape index (κ2) is 8.61. The maximum absolute atomic E-state index is 12.5. The van der Waals surface area contributed by atoms with Crippen molar-refractivity contribution in [1.29, 1.82) is 0 Å². The highest BCUT2D eigenvalue weighted by atomic mass is 16.5. The van der Waals surface area contributed by atoms with Crippen molar-refractivity contribution >= 4 is 22.6 Å². The molecular formula is C26H22O3. The molecule has 3 nitrogen and oxygen atoms in total. The van der Waals surface area contributed by atoms with Gasteiger partial charge in [0.1, 0.15) is 23.9 Å². The summed E-state index contributed by atoms with van der Waals surface area (Å²) >= 11 is 0. The molecule has 1 aromatic heterocycles. The lowest BCUT2D eigenvalue weighted by molar-refractivity contribution is 0.104. The van der Waals surface area contributed by atoms with Gasteiger partial charge in [0, 0.05) is 5.56 Å². The van der Waals surface area contributed by atoms with Crippen molar-refractivity contribution in [2.75, 3.05) is 0 Å². The van der Waals surface area contributed by atoms with Crippen LogP contribution >= 0.6 is 0 Å². The number of ketones is 1. The first-order valence-electron chi connectivity index (χ1n) is 9.73. The van der Waals surface area contributed by atoms with Crippen molar-refractivity contribution in [3.63, 3.8) is 0 Å². The van der Waals surface area contributed by atoms with Crippen LogP contribution in [0.15, 0.2) is 89.4 Å². The molecule has 0 unspecified atom stereocenters. The van der Waals surface area contributed by atoms with E-state index in [9.17, 15) is 4.79 Å². The Kier molecular flexibility index (Phi) is 5.57. The molecule has 4 aromatic rings. The van der Waals surface area contributed by atoms with Gasteiger partial charge < -0.3 is 9.15 Å². The molecule has 29 heavy (non-hydrogen) atoms. The van der Waals surface area contributed by atoms with E-state index in [1.807, 2.05) is 66.7 Å². The Morgan fingerprint density at radius 3 is 2.52 bits per heavy atom. The highest BCUT2D eigenvalue weighted by molar-refractivity contribution is 6.08. The maximum atomic E-state index is 12.5. The molecule has 0 atom stereocenters. The molecule has 1 heterocycles. The summed E-state index contributed by atoms with van der Waals surface area (Å²) in [5.41, 5.74) is 1.93. The van der Waals surface area contributed by atoms with Crippen LogP contribution < -0.4 is 4.74 Å². The van der Waals surface area contributed by atoms with E-state index in [0.717, 1.165) is 22.9 Å². The summed E-state index contributed by atoms with van der Waals surface area (Å²) in [4.78, 5) is 12.5. The molecule has 3 heteroatoms. The van der Waals surface area contributed by atoms with Crippen molar-refractivity contribution in [2.45, 2.75) is 20.0 Å². The van der Waals surface area contributed by atoms with Crippen LogP contribution in [-0.4, -0.2) is 5.78 Å². The number of furan rings is 1. The van der Waals surface area contributed by atoms with Crippen LogP contribution in [0.1, 0.15) is 34.4 Å². The van der Waals surface area contributed by atoms with Crippen molar-refractivity contribution in [3.05, 3.63) is 108 Å². The molecule has 0 aliphatic carbocycles. The van der Waals surface area contributed by atoms with Crippen molar-refractivity contribution < 1.29 is 13.9 Å². The lowest BCUT2D eigenvalue weighted by Crippen LogP contribution is -1.94. The Hall–Kier alpha value is -3.59. The molecular weight excluding hydrogens is 360 g/mol. The normalized spacial score (nSPS) is 11.2. The van der Waals surface area contributed by atoms with E-state index in [1.54, 1.807) is 6.08 Å². The van der Waals surface area contributed by atoms with Crippen LogP contribution in [0.4, 0.5) is 0 Å². The number of carbonyl (C=O) groups excluding carboxylic acids is 1. The zero-order valence-corrected chi connectivity index (χ0v) is 16.3. The number of allylic oxidation sites excluding steroid dienone is 1. The summed E-state index contributed by atoms with van der Waals surface area (Å²) in [6.07, 6.45) is 4.24. The summed E-state index contributed by atoms with van der Waals surface area (Å²) in [5.74, 6) is 2.09. The number of fused-ring (bicyclic) bond motifs is 1. The molecule has 0 bridgehead atoms. The first-order chi connectivity index (χ1) is 14.2. The van der Waals surface area contributed by atoms with Crippen molar-refractivity contribution in [1.82, 2.24) is 0 Å². The quantitative estimate of drug-likeness (QED) is 0.272. The van der Waals surface area contributed by atoms with E-state index in [1.165, 1.54) is 11.6 Å². The number of aryl methyl sites for hydroxylation is 1. The first-order valence-corrected chi connectivity index (χ1v) is 9.73. The molecule has 144 valence electrons. The van der Waals surface area contributed by atoms with Gasteiger partial charge in [0.05, 0.1) is 0 Å². The van der Waals surface area contributed by atoms with Gasteiger partial charge in [0.15, 0.2) is 5.78 Å². The number of benzene rings is 3. The molecule has 0 saturated heterocycles. The Morgan fingerprint density at radius 2 is 1.72 bits per heavy atom. The van der Waals surface area contributed by atoms with E-state index in [4.69, 9.17) is 9.15 Å². The maximum Gasteiger partial charge on any atom is 0.185 e. The monoisotopic (exact) mass is 382 g/mol. The molecule has 0 fully saturated rings. The fraction of sp³-hybridized carbons (Fsp3) is 0.115. The summed E-state index contributed by atoms with van der Waals surface area (Å²) in [6.45, 7) is 2.47. The van der Waals surface area contributed by atoms with Crippen molar-refractivity contribution in [3.8, 4) is 5.75 Å². The standard InChI is InChI=1S/C26H22O3/c1-2-19-7-11-23(12-8-19)28-18-25-14-13-24(29-25)15-16-26(27)22-10-9-20-5-3-4-6-21(20)17-22/h3-17H,2,18H2,1H3/b16-15+. The van der Waals surface area contributed by atoms with Gasteiger partial charge in [-0.15, -0.1) is 0 Å². The van der Waals surface area contributed by atoms with Crippen molar-refractivity contribution in [2.24, 2.45) is 0 Å². The Labute approximate surface area is 170 Å². The highest BCUT2D eigenvalue weighted by Gasteiger charge is 2.05. The predicted octanol–water partition coefficient (Wildman–Crippen LogP) is 6.47. The highest BCUT2D eigenvalue weighted by Crippen LogP contribution is 2.18. The van der Waals surface area contributed by atoms with E-state index < -0.39 is 0 Å². The Bertz CT molecular complexity index is 1150. The van der Waals surface area contributed by atoms with Gasteiger partial charge in [-0.05, 0) is 65.2 Å². The van der Waals surface area contributed by atoms with Gasteiger partial charge in [-0.25, -0.2) is 0 Å².